The topological polar surface area (TPSA) is 102 Å². The van der Waals surface area contributed by atoms with Crippen molar-refractivity contribution in [1.82, 2.24) is 15.5 Å². The number of hydrogen-bond acceptors (Lipinski definition) is 3. The van der Waals surface area contributed by atoms with E-state index in [1.165, 1.54) is 19.3 Å². The van der Waals surface area contributed by atoms with E-state index in [-0.39, 0.29) is 29.5 Å². The van der Waals surface area contributed by atoms with Gasteiger partial charge < -0.3 is 25.7 Å². The Labute approximate surface area is 172 Å². The van der Waals surface area contributed by atoms with Gasteiger partial charge in [-0.15, -0.1) is 13.2 Å². The summed E-state index contributed by atoms with van der Waals surface area (Å²) in [5.74, 6) is -1.28. The largest absolute Gasteiger partial charge is 0.573 e. The van der Waals surface area contributed by atoms with Gasteiger partial charge in [-0.2, -0.15) is 0 Å². The molecule has 11 heteroatoms. The predicted octanol–water partition coefficient (Wildman–Crippen LogP) is 2.88. The Morgan fingerprint density at radius 2 is 1.80 bits per heavy atom. The Hall–Kier alpha value is -2.56. The lowest BCUT2D eigenvalue weighted by Gasteiger charge is -2.24. The second kappa shape index (κ2) is 11.6. The van der Waals surface area contributed by atoms with E-state index < -0.39 is 24.0 Å². The third-order valence-electron chi connectivity index (χ3n) is 4.41. The van der Waals surface area contributed by atoms with E-state index in [0.29, 0.717) is 6.07 Å². The minimum Gasteiger partial charge on any atom is -0.412 e. The van der Waals surface area contributed by atoms with Crippen molar-refractivity contribution in [1.29, 1.82) is 0 Å². The van der Waals surface area contributed by atoms with Crippen molar-refractivity contribution in [3.63, 3.8) is 0 Å². The summed E-state index contributed by atoms with van der Waals surface area (Å²) in [5.41, 5.74) is 0.0745. The number of likely N-dealkylation sites (tertiary alicyclic amines) is 1. The first-order chi connectivity index (χ1) is 13.6. The molecule has 1 heterocycles. The monoisotopic (exact) mass is 437 g/mol. The molecular formula is C19H27F4N3O4. The lowest BCUT2D eigenvalue weighted by atomic mass is 10.1. The van der Waals surface area contributed by atoms with Crippen molar-refractivity contribution >= 4 is 11.9 Å². The molecule has 0 bridgehead atoms. The number of nitrogens with one attached hydrogen (secondary N) is 2. The zero-order chi connectivity index (χ0) is 21.4. The molecule has 4 N–H and O–H groups in total. The highest BCUT2D eigenvalue weighted by molar-refractivity contribution is 5.74. The van der Waals surface area contributed by atoms with E-state index in [1.54, 1.807) is 6.92 Å². The SMILES string of the molecule is CC(=O)N1CCCCC1.O.O=C(NCc1ccc(OC(F)(F)F)cc1F)NC1CC1. The van der Waals surface area contributed by atoms with E-state index >= 15 is 0 Å². The van der Waals surface area contributed by atoms with Gasteiger partial charge in [0.15, 0.2) is 0 Å². The van der Waals surface area contributed by atoms with Gasteiger partial charge >= 0.3 is 12.4 Å². The highest BCUT2D eigenvalue weighted by Crippen LogP contribution is 2.24. The first-order valence-corrected chi connectivity index (χ1v) is 9.48. The second-order valence-corrected chi connectivity index (χ2v) is 6.97. The maximum atomic E-state index is 13.5. The number of piperidine rings is 1. The van der Waals surface area contributed by atoms with Gasteiger partial charge in [-0.1, -0.05) is 6.07 Å². The fourth-order valence-corrected chi connectivity index (χ4v) is 2.72. The summed E-state index contributed by atoms with van der Waals surface area (Å²) in [6, 6.07) is 2.49. The molecule has 30 heavy (non-hydrogen) atoms. The third kappa shape index (κ3) is 9.77. The highest BCUT2D eigenvalue weighted by atomic mass is 19.4. The Balaban J connectivity index is 0.000000379. The predicted molar refractivity (Wildman–Crippen MR) is 101 cm³/mol. The van der Waals surface area contributed by atoms with E-state index in [4.69, 9.17) is 0 Å². The van der Waals surface area contributed by atoms with Crippen molar-refractivity contribution < 1.29 is 37.4 Å². The standard InChI is InChI=1S/C12H12F4N2O2.C7H13NO.H2O/c13-10-5-9(20-12(14,15)16)4-1-7(10)6-17-11(19)18-8-2-3-8;1-7(9)8-5-3-2-4-6-8;/h1,4-5,8H,2-3,6H2,(H2,17,18,19);2-6H2,1H3;1H2. The van der Waals surface area contributed by atoms with Gasteiger partial charge in [0.25, 0.3) is 0 Å². The number of hydrogen-bond donors (Lipinski definition) is 2. The molecule has 1 aliphatic heterocycles. The fraction of sp³-hybridized carbons (Fsp3) is 0.579. The maximum Gasteiger partial charge on any atom is 0.573 e. The van der Waals surface area contributed by atoms with Crippen LogP contribution in [0.15, 0.2) is 18.2 Å². The Morgan fingerprint density at radius 1 is 1.17 bits per heavy atom. The number of carbonyl (C=O) groups excluding carboxylic acids is 2. The average molecular weight is 437 g/mol. The van der Waals surface area contributed by atoms with Crippen molar-refractivity contribution in [2.45, 2.75) is 58.0 Å². The molecule has 0 spiro atoms. The third-order valence-corrected chi connectivity index (χ3v) is 4.41. The number of halogens is 4. The van der Waals surface area contributed by atoms with Crippen molar-refractivity contribution in [3.8, 4) is 5.75 Å². The molecule has 0 aromatic heterocycles. The number of urea groups is 1. The molecule has 2 aliphatic rings. The minimum atomic E-state index is -4.86. The van der Waals surface area contributed by atoms with Crippen LogP contribution in [0.2, 0.25) is 0 Å². The molecule has 7 nitrogen and oxygen atoms in total. The number of carbonyl (C=O) groups is 2. The molecule has 3 rings (SSSR count). The van der Waals surface area contributed by atoms with Gasteiger partial charge in [-0.05, 0) is 38.2 Å². The Morgan fingerprint density at radius 3 is 2.27 bits per heavy atom. The molecule has 0 atom stereocenters. The fourth-order valence-electron chi connectivity index (χ4n) is 2.72. The summed E-state index contributed by atoms with van der Waals surface area (Å²) < 4.78 is 53.0. The van der Waals surface area contributed by atoms with Crippen LogP contribution < -0.4 is 15.4 Å². The Bertz CT molecular complexity index is 706. The summed E-state index contributed by atoms with van der Waals surface area (Å²) in [4.78, 5) is 24.0. The van der Waals surface area contributed by atoms with Gasteiger partial charge in [0, 0.05) is 44.2 Å². The van der Waals surface area contributed by atoms with E-state index in [2.05, 4.69) is 15.4 Å². The smallest absolute Gasteiger partial charge is 0.412 e. The zero-order valence-corrected chi connectivity index (χ0v) is 16.7. The first kappa shape index (κ1) is 25.5. The van der Waals surface area contributed by atoms with Gasteiger partial charge in [0.05, 0.1) is 0 Å². The molecule has 3 amide bonds. The average Bonchev–Trinajstić information content (AvgIpc) is 3.45. The van der Waals surface area contributed by atoms with Crippen molar-refractivity contribution in [2.75, 3.05) is 13.1 Å². The number of ether oxygens (including phenoxy) is 1. The van der Waals surface area contributed by atoms with Crippen LogP contribution in [0.5, 0.6) is 5.75 Å². The summed E-state index contributed by atoms with van der Waals surface area (Å²) in [7, 11) is 0. The highest BCUT2D eigenvalue weighted by Gasteiger charge is 2.31. The van der Waals surface area contributed by atoms with Gasteiger partial charge in [0.1, 0.15) is 11.6 Å². The molecule has 0 unspecified atom stereocenters. The number of alkyl halides is 3. The summed E-state index contributed by atoms with van der Waals surface area (Å²) >= 11 is 0. The van der Waals surface area contributed by atoms with E-state index in [9.17, 15) is 27.2 Å². The van der Waals surface area contributed by atoms with Crippen LogP contribution in [0.3, 0.4) is 0 Å². The van der Waals surface area contributed by atoms with E-state index in [1.807, 2.05) is 4.90 Å². The molecule has 1 saturated carbocycles. The van der Waals surface area contributed by atoms with Crippen LogP contribution in [0, 0.1) is 5.82 Å². The number of benzene rings is 1. The van der Waals surface area contributed by atoms with Crippen LogP contribution in [-0.2, 0) is 11.3 Å². The van der Waals surface area contributed by atoms with Crippen LogP contribution in [0.1, 0.15) is 44.6 Å². The number of amides is 3. The maximum absolute atomic E-state index is 13.5. The molecule has 2 fully saturated rings. The minimum absolute atomic E-state index is 0. The molecule has 1 saturated heterocycles. The van der Waals surface area contributed by atoms with E-state index in [0.717, 1.165) is 38.1 Å². The molecule has 1 aromatic rings. The summed E-state index contributed by atoms with van der Waals surface area (Å²) in [5, 5.41) is 5.07. The Kier molecular flexibility index (Phi) is 9.83. The van der Waals surface area contributed by atoms with Crippen LogP contribution in [0.25, 0.3) is 0 Å². The molecule has 1 aliphatic carbocycles. The summed E-state index contributed by atoms with van der Waals surface area (Å²) in [6.07, 6.45) is 0.663. The normalized spacial score (nSPS) is 15.8. The van der Waals surface area contributed by atoms with Crippen molar-refractivity contribution in [3.05, 3.63) is 29.6 Å². The van der Waals surface area contributed by atoms with Gasteiger partial charge in [0.2, 0.25) is 5.91 Å². The van der Waals surface area contributed by atoms with Crippen LogP contribution in [-0.4, -0.2) is 47.8 Å². The number of nitrogens with zero attached hydrogens (tertiary/aromatic N) is 1. The summed E-state index contributed by atoms with van der Waals surface area (Å²) in [6.45, 7) is 3.49. The molecule has 1 aromatic carbocycles. The van der Waals surface area contributed by atoms with Crippen LogP contribution in [0.4, 0.5) is 22.4 Å². The lowest BCUT2D eigenvalue weighted by molar-refractivity contribution is -0.274. The zero-order valence-electron chi connectivity index (χ0n) is 16.7. The first-order valence-electron chi connectivity index (χ1n) is 9.48. The molecule has 0 radical (unpaired) electrons. The molecule has 170 valence electrons. The van der Waals surface area contributed by atoms with Crippen LogP contribution >= 0.6 is 0 Å². The lowest BCUT2D eigenvalue weighted by Crippen LogP contribution is -2.36. The second-order valence-electron chi connectivity index (χ2n) is 6.97. The number of rotatable bonds is 4. The van der Waals surface area contributed by atoms with Crippen molar-refractivity contribution in [2.24, 2.45) is 0 Å². The van der Waals surface area contributed by atoms with Gasteiger partial charge in [-0.25, -0.2) is 9.18 Å². The van der Waals surface area contributed by atoms with Gasteiger partial charge in [-0.3, -0.25) is 4.79 Å². The molecular weight excluding hydrogens is 410 g/mol. The quantitative estimate of drug-likeness (QED) is 0.708.